The molecule has 0 spiro atoms. The number of carbonyl (C=O) groups is 5. The molecular weight excluding hydrogens is 756 g/mol. The number of nitrogens with zero attached hydrogens (tertiary/aromatic N) is 2. The lowest BCUT2D eigenvalue weighted by molar-refractivity contribution is -0.127. The van der Waals surface area contributed by atoms with Crippen molar-refractivity contribution in [2.45, 2.75) is 24.2 Å². The van der Waals surface area contributed by atoms with Crippen LogP contribution in [0.4, 0.5) is 11.4 Å². The second-order valence-corrected chi connectivity index (χ2v) is 15.6. The Kier molecular flexibility index (Phi) is 9.04. The van der Waals surface area contributed by atoms with E-state index < -0.39 is 52.7 Å². The zero-order valence-corrected chi connectivity index (χ0v) is 32.3. The van der Waals surface area contributed by atoms with Gasteiger partial charge in [0, 0.05) is 22.1 Å². The average molecular weight is 793 g/mol. The number of rotatable bonds is 8. The van der Waals surface area contributed by atoms with E-state index in [0.717, 1.165) is 5.57 Å². The Morgan fingerprint density at radius 1 is 0.707 bits per heavy atom. The van der Waals surface area contributed by atoms with Gasteiger partial charge in [0.25, 0.3) is 0 Å². The minimum Gasteiger partial charge on any atom is -0.502 e. The second kappa shape index (κ2) is 14.1. The number of fused-ring (bicyclic) bond motifs is 4. The fourth-order valence-electron chi connectivity index (χ4n) is 9.97. The van der Waals surface area contributed by atoms with Crippen molar-refractivity contribution in [3.05, 3.63) is 160 Å². The first-order valence-corrected chi connectivity index (χ1v) is 19.4. The van der Waals surface area contributed by atoms with Crippen molar-refractivity contribution in [1.29, 1.82) is 0 Å². The van der Waals surface area contributed by atoms with Crippen molar-refractivity contribution < 1.29 is 38.6 Å². The number of hydrogen-bond donors (Lipinski definition) is 1. The predicted molar refractivity (Wildman–Crippen MR) is 216 cm³/mol. The third-order valence-electron chi connectivity index (χ3n) is 12.4. The van der Waals surface area contributed by atoms with E-state index in [4.69, 9.17) is 21.1 Å². The number of hydrogen-bond acceptors (Lipinski definition) is 8. The van der Waals surface area contributed by atoms with Gasteiger partial charge in [-0.3, -0.25) is 28.9 Å². The predicted octanol–water partition coefficient (Wildman–Crippen LogP) is 7.66. The topological polar surface area (TPSA) is 131 Å². The maximum absolute atomic E-state index is 15.5. The first-order valence-electron chi connectivity index (χ1n) is 19.0. The Hall–Kier alpha value is -6.52. The Labute approximate surface area is 339 Å². The molecule has 6 atom stereocenters. The van der Waals surface area contributed by atoms with E-state index in [0.29, 0.717) is 38.7 Å². The number of imide groups is 2. The molecule has 3 fully saturated rings. The molecule has 2 heterocycles. The number of ether oxygens (including phenoxy) is 2. The van der Waals surface area contributed by atoms with Gasteiger partial charge >= 0.3 is 0 Å². The van der Waals surface area contributed by atoms with E-state index in [1.807, 2.05) is 42.5 Å². The lowest BCUT2D eigenvalue weighted by atomic mass is 9.49. The van der Waals surface area contributed by atoms with Crippen LogP contribution >= 0.6 is 11.6 Å². The van der Waals surface area contributed by atoms with Crippen molar-refractivity contribution >= 4 is 52.4 Å². The Balaban J connectivity index is 1.20. The molecule has 5 aromatic carbocycles. The highest BCUT2D eigenvalue weighted by molar-refractivity contribution is 6.32. The molecule has 2 aliphatic heterocycles. The van der Waals surface area contributed by atoms with Gasteiger partial charge in [0.15, 0.2) is 17.3 Å². The molecule has 4 aliphatic rings. The summed E-state index contributed by atoms with van der Waals surface area (Å²) < 4.78 is 11.2. The number of benzene rings is 5. The van der Waals surface area contributed by atoms with E-state index in [1.165, 1.54) is 24.0 Å². The number of ketones is 1. The highest BCUT2D eigenvalue weighted by atomic mass is 35.5. The van der Waals surface area contributed by atoms with Gasteiger partial charge in [0.1, 0.15) is 0 Å². The second-order valence-electron chi connectivity index (χ2n) is 15.1. The monoisotopic (exact) mass is 792 g/mol. The van der Waals surface area contributed by atoms with Gasteiger partial charge in [-0.05, 0) is 84.5 Å². The molecule has 4 amide bonds. The highest BCUT2D eigenvalue weighted by Crippen LogP contribution is 2.65. The maximum Gasteiger partial charge on any atom is 0.246 e. The lowest BCUT2D eigenvalue weighted by Crippen LogP contribution is -2.53. The number of aromatic hydroxyl groups is 1. The zero-order valence-electron chi connectivity index (χ0n) is 31.5. The summed E-state index contributed by atoms with van der Waals surface area (Å²) in [5.41, 5.74) is 1.91. The van der Waals surface area contributed by atoms with Crippen LogP contribution in [-0.2, 0) is 24.6 Å². The molecule has 5 aromatic rings. The van der Waals surface area contributed by atoms with Gasteiger partial charge in [-0.15, -0.1) is 0 Å². The third kappa shape index (κ3) is 5.42. The van der Waals surface area contributed by atoms with Crippen LogP contribution in [0.1, 0.15) is 45.8 Å². The summed E-state index contributed by atoms with van der Waals surface area (Å²) in [5, 5.41) is 11.4. The summed E-state index contributed by atoms with van der Waals surface area (Å²) >= 11 is 6.44. The van der Waals surface area contributed by atoms with Crippen molar-refractivity contribution in [1.82, 2.24) is 0 Å². The number of amides is 4. The van der Waals surface area contributed by atoms with E-state index >= 15 is 9.59 Å². The molecular formula is C47H37ClN2O8. The van der Waals surface area contributed by atoms with Gasteiger partial charge in [0.05, 0.1) is 48.8 Å². The molecule has 10 nitrogen and oxygen atoms in total. The molecule has 6 unspecified atom stereocenters. The molecule has 2 aliphatic carbocycles. The van der Waals surface area contributed by atoms with E-state index in [-0.39, 0.29) is 41.8 Å². The molecule has 1 saturated carbocycles. The summed E-state index contributed by atoms with van der Waals surface area (Å²) in [5.74, 6) is -5.99. The van der Waals surface area contributed by atoms with E-state index in [1.54, 1.807) is 84.9 Å². The number of phenols is 1. The van der Waals surface area contributed by atoms with Crippen LogP contribution in [0.5, 0.6) is 17.2 Å². The summed E-state index contributed by atoms with van der Waals surface area (Å²) in [4.78, 5) is 75.3. The van der Waals surface area contributed by atoms with Crippen molar-refractivity contribution in [3.63, 3.8) is 0 Å². The zero-order chi connectivity index (χ0) is 40.5. The van der Waals surface area contributed by atoms with Crippen LogP contribution in [-0.4, -0.2) is 48.7 Å². The molecule has 0 bridgehead atoms. The number of anilines is 2. The Bertz CT molecular complexity index is 2530. The maximum atomic E-state index is 15.5. The van der Waals surface area contributed by atoms with Gasteiger partial charge in [-0.25, -0.2) is 4.90 Å². The van der Waals surface area contributed by atoms with Gasteiger partial charge in [-0.2, -0.15) is 0 Å². The fourth-order valence-corrected chi connectivity index (χ4v) is 10.2. The Morgan fingerprint density at radius 2 is 1.34 bits per heavy atom. The van der Waals surface area contributed by atoms with Crippen LogP contribution in [0.25, 0.3) is 0 Å². The molecule has 9 rings (SSSR count). The molecule has 58 heavy (non-hydrogen) atoms. The SMILES string of the molecule is COc1cc(C2C3=CCC4C(=O)N(c5ccc(C(=O)c6ccccc6)cc5)C(=O)C4C3CC3C(=O)N(c4cccc(Cl)c4)C(=O)C32c2ccccc2)cc(OC)c1O. The summed E-state index contributed by atoms with van der Waals surface area (Å²) in [6.07, 6.45) is 2.27. The van der Waals surface area contributed by atoms with Crippen LogP contribution in [0.15, 0.2) is 133 Å². The third-order valence-corrected chi connectivity index (χ3v) is 12.7. The van der Waals surface area contributed by atoms with Crippen LogP contribution in [0, 0.1) is 23.7 Å². The standard InChI is InChI=1S/C47H37ClN2O8/c1-57-37-22-28(23-38(58-2)42(37)52)40-33-20-21-34-39(45(55)49(43(34)53)31-18-16-27(17-19-31)41(51)26-10-5-3-6-11-26)35(33)25-36-44(54)50(32-15-9-14-30(48)24-32)46(56)47(36,40)29-12-7-4-8-13-29/h3-20,22-24,34-36,39-40,52H,21,25H2,1-2H3. The highest BCUT2D eigenvalue weighted by Gasteiger charge is 2.70. The first kappa shape index (κ1) is 37.1. The van der Waals surface area contributed by atoms with Gasteiger partial charge in [0.2, 0.25) is 29.4 Å². The molecule has 0 radical (unpaired) electrons. The summed E-state index contributed by atoms with van der Waals surface area (Å²) in [7, 11) is 2.82. The smallest absolute Gasteiger partial charge is 0.246 e. The van der Waals surface area contributed by atoms with Crippen molar-refractivity contribution in [3.8, 4) is 17.2 Å². The number of phenolic OH excluding ortho intramolecular Hbond substituents is 1. The van der Waals surface area contributed by atoms with E-state index in [2.05, 4.69) is 0 Å². The van der Waals surface area contributed by atoms with Crippen LogP contribution in [0.2, 0.25) is 5.02 Å². The normalized spacial score (nSPS) is 24.9. The fraction of sp³-hybridized carbons (Fsp3) is 0.213. The lowest BCUT2D eigenvalue weighted by Gasteiger charge is -2.50. The molecule has 11 heteroatoms. The van der Waals surface area contributed by atoms with Crippen LogP contribution < -0.4 is 19.3 Å². The molecule has 290 valence electrons. The minimum atomic E-state index is -1.53. The summed E-state index contributed by atoms with van der Waals surface area (Å²) in [6, 6.07) is 34.3. The summed E-state index contributed by atoms with van der Waals surface area (Å²) in [6.45, 7) is 0. The van der Waals surface area contributed by atoms with E-state index in [9.17, 15) is 19.5 Å². The van der Waals surface area contributed by atoms with Gasteiger partial charge < -0.3 is 14.6 Å². The van der Waals surface area contributed by atoms with Crippen molar-refractivity contribution in [2.24, 2.45) is 23.7 Å². The van der Waals surface area contributed by atoms with Gasteiger partial charge in [-0.1, -0.05) is 90.0 Å². The average Bonchev–Trinajstić information content (AvgIpc) is 3.64. The minimum absolute atomic E-state index is 0.0986. The molecule has 1 N–H and O–H groups in total. The quantitative estimate of drug-likeness (QED) is 0.0964. The number of allylic oxidation sites excluding steroid dienone is 2. The number of carbonyl (C=O) groups excluding carboxylic acids is 5. The van der Waals surface area contributed by atoms with Crippen LogP contribution in [0.3, 0.4) is 0 Å². The van der Waals surface area contributed by atoms with Crippen molar-refractivity contribution in [2.75, 3.05) is 24.0 Å². The molecule has 0 aromatic heterocycles. The largest absolute Gasteiger partial charge is 0.502 e. The molecule has 2 saturated heterocycles. The Morgan fingerprint density at radius 3 is 1.98 bits per heavy atom. The first-order chi connectivity index (χ1) is 28.1. The number of halogens is 1. The number of methoxy groups -OCH3 is 2.